The summed E-state index contributed by atoms with van der Waals surface area (Å²) in [6, 6.07) is 7.35. The number of hydrogen-bond donors (Lipinski definition) is 2. The van der Waals surface area contributed by atoms with Crippen LogP contribution >= 0.6 is 0 Å². The van der Waals surface area contributed by atoms with E-state index >= 15 is 0 Å². The summed E-state index contributed by atoms with van der Waals surface area (Å²) in [5.41, 5.74) is 2.11. The zero-order chi connectivity index (χ0) is 17.5. The van der Waals surface area contributed by atoms with Gasteiger partial charge in [-0.2, -0.15) is 0 Å². The summed E-state index contributed by atoms with van der Waals surface area (Å²) >= 11 is 0. The molecule has 1 heterocycles. The third-order valence-corrected chi connectivity index (χ3v) is 3.94. The molecular formula is C17H26N4O3. The van der Waals surface area contributed by atoms with Crippen molar-refractivity contribution in [2.75, 3.05) is 50.2 Å². The molecule has 3 amide bonds. The summed E-state index contributed by atoms with van der Waals surface area (Å²) in [7, 11) is 3.61. The summed E-state index contributed by atoms with van der Waals surface area (Å²) in [5, 5.41) is 5.04. The Labute approximate surface area is 142 Å². The molecule has 1 aromatic rings. The number of imide groups is 1. The molecule has 0 saturated heterocycles. The van der Waals surface area contributed by atoms with Crippen molar-refractivity contribution >= 4 is 23.3 Å². The highest BCUT2D eigenvalue weighted by Gasteiger charge is 2.21. The topological polar surface area (TPSA) is 73.9 Å². The SMILES string of the molecule is COCC(C)NC(=O)NC(=O)CN1CCCN(C)c2ccccc21. The lowest BCUT2D eigenvalue weighted by atomic mass is 10.2. The van der Waals surface area contributed by atoms with E-state index in [0.717, 1.165) is 30.9 Å². The highest BCUT2D eigenvalue weighted by Crippen LogP contribution is 2.30. The molecule has 24 heavy (non-hydrogen) atoms. The van der Waals surface area contributed by atoms with Crippen molar-refractivity contribution in [3.8, 4) is 0 Å². The van der Waals surface area contributed by atoms with E-state index in [1.165, 1.54) is 0 Å². The average molecular weight is 334 g/mol. The predicted molar refractivity (Wildman–Crippen MR) is 94.6 cm³/mol. The fourth-order valence-corrected chi connectivity index (χ4v) is 2.85. The van der Waals surface area contributed by atoms with Gasteiger partial charge in [0, 0.05) is 27.2 Å². The van der Waals surface area contributed by atoms with E-state index in [4.69, 9.17) is 4.74 Å². The maximum Gasteiger partial charge on any atom is 0.321 e. The Morgan fingerprint density at radius 3 is 2.67 bits per heavy atom. The predicted octanol–water partition coefficient (Wildman–Crippen LogP) is 1.19. The second kappa shape index (κ2) is 8.54. The molecule has 0 saturated carbocycles. The lowest BCUT2D eigenvalue weighted by Crippen LogP contribution is -2.48. The summed E-state index contributed by atoms with van der Waals surface area (Å²) in [4.78, 5) is 28.2. The molecule has 0 radical (unpaired) electrons. The van der Waals surface area contributed by atoms with Gasteiger partial charge in [0.2, 0.25) is 5.91 Å². The molecule has 0 bridgehead atoms. The van der Waals surface area contributed by atoms with Gasteiger partial charge in [-0.25, -0.2) is 4.79 Å². The van der Waals surface area contributed by atoms with Crippen LogP contribution in [0.2, 0.25) is 0 Å². The van der Waals surface area contributed by atoms with Crippen LogP contribution < -0.4 is 20.4 Å². The molecule has 2 N–H and O–H groups in total. The lowest BCUT2D eigenvalue weighted by molar-refractivity contribution is -0.118. The Kier molecular flexibility index (Phi) is 6.43. The van der Waals surface area contributed by atoms with Gasteiger partial charge in [0.1, 0.15) is 0 Å². The van der Waals surface area contributed by atoms with Crippen molar-refractivity contribution in [1.82, 2.24) is 10.6 Å². The number of carbonyl (C=O) groups is 2. The Bertz CT molecular complexity index is 579. The average Bonchev–Trinajstić information content (AvgIpc) is 2.67. The Morgan fingerprint density at radius 1 is 1.25 bits per heavy atom. The van der Waals surface area contributed by atoms with Crippen LogP contribution in [0.25, 0.3) is 0 Å². The number of benzene rings is 1. The number of anilines is 2. The Morgan fingerprint density at radius 2 is 1.96 bits per heavy atom. The largest absolute Gasteiger partial charge is 0.383 e. The molecule has 7 heteroatoms. The molecular weight excluding hydrogens is 308 g/mol. The first-order chi connectivity index (χ1) is 11.5. The van der Waals surface area contributed by atoms with Gasteiger partial charge < -0.3 is 19.9 Å². The minimum Gasteiger partial charge on any atom is -0.383 e. The number of carbonyl (C=O) groups excluding carboxylic acids is 2. The molecule has 0 spiro atoms. The minimum absolute atomic E-state index is 0.150. The van der Waals surface area contributed by atoms with Crippen LogP contribution in [-0.4, -0.2) is 58.4 Å². The first kappa shape index (κ1) is 18.1. The summed E-state index contributed by atoms with van der Waals surface area (Å²) in [6.07, 6.45) is 0.954. The number of rotatable bonds is 5. The van der Waals surface area contributed by atoms with Crippen LogP contribution in [-0.2, 0) is 9.53 Å². The van der Waals surface area contributed by atoms with Gasteiger partial charge in [-0.05, 0) is 25.5 Å². The van der Waals surface area contributed by atoms with Crippen molar-refractivity contribution in [3.63, 3.8) is 0 Å². The zero-order valence-electron chi connectivity index (χ0n) is 14.5. The number of hydrogen-bond acceptors (Lipinski definition) is 5. The zero-order valence-corrected chi connectivity index (χ0v) is 14.5. The molecule has 0 aromatic heterocycles. The summed E-state index contributed by atoms with van der Waals surface area (Å²) in [5.74, 6) is -0.323. The molecule has 1 aliphatic heterocycles. The molecule has 1 atom stereocenters. The number of methoxy groups -OCH3 is 1. The normalized spacial score (nSPS) is 15.3. The number of urea groups is 1. The molecule has 1 unspecified atom stereocenters. The van der Waals surface area contributed by atoms with E-state index in [1.807, 2.05) is 43.1 Å². The first-order valence-corrected chi connectivity index (χ1v) is 8.15. The standard InChI is InChI=1S/C17H26N4O3/c1-13(12-24-3)18-17(23)19-16(22)11-21-10-6-9-20(2)14-7-4-5-8-15(14)21/h4-5,7-8,13H,6,9-12H2,1-3H3,(H2,18,19,22,23). The fraction of sp³-hybridized carbons (Fsp3) is 0.529. The van der Waals surface area contributed by atoms with Crippen LogP contribution in [0.3, 0.4) is 0 Å². The summed E-state index contributed by atoms with van der Waals surface area (Å²) in [6.45, 7) is 4.07. The molecule has 0 aliphatic carbocycles. The first-order valence-electron chi connectivity index (χ1n) is 8.15. The van der Waals surface area contributed by atoms with Crippen LogP contribution in [0.15, 0.2) is 24.3 Å². The van der Waals surface area contributed by atoms with E-state index in [-0.39, 0.29) is 18.5 Å². The van der Waals surface area contributed by atoms with Crippen LogP contribution in [0.4, 0.5) is 16.2 Å². The molecule has 1 aliphatic rings. The second-order valence-corrected chi connectivity index (χ2v) is 6.06. The van der Waals surface area contributed by atoms with E-state index in [2.05, 4.69) is 15.5 Å². The summed E-state index contributed by atoms with van der Waals surface area (Å²) < 4.78 is 4.95. The van der Waals surface area contributed by atoms with Crippen molar-refractivity contribution in [1.29, 1.82) is 0 Å². The lowest BCUT2D eigenvalue weighted by Gasteiger charge is -2.25. The number of fused-ring (bicyclic) bond motifs is 1. The third kappa shape index (κ3) is 4.86. The van der Waals surface area contributed by atoms with Gasteiger partial charge in [0.25, 0.3) is 0 Å². The van der Waals surface area contributed by atoms with E-state index in [0.29, 0.717) is 6.61 Å². The number of nitrogens with zero attached hydrogens (tertiary/aromatic N) is 2. The van der Waals surface area contributed by atoms with Crippen molar-refractivity contribution in [2.45, 2.75) is 19.4 Å². The number of amides is 3. The number of para-hydroxylation sites is 2. The van der Waals surface area contributed by atoms with Crippen LogP contribution in [0.1, 0.15) is 13.3 Å². The molecule has 2 rings (SSSR count). The van der Waals surface area contributed by atoms with E-state index < -0.39 is 6.03 Å². The minimum atomic E-state index is -0.496. The van der Waals surface area contributed by atoms with Gasteiger partial charge in [-0.3, -0.25) is 10.1 Å². The van der Waals surface area contributed by atoms with Gasteiger partial charge in [0.15, 0.2) is 0 Å². The highest BCUT2D eigenvalue weighted by atomic mass is 16.5. The van der Waals surface area contributed by atoms with E-state index in [1.54, 1.807) is 7.11 Å². The van der Waals surface area contributed by atoms with Gasteiger partial charge in [0.05, 0.1) is 30.6 Å². The molecule has 132 valence electrons. The smallest absolute Gasteiger partial charge is 0.321 e. The quantitative estimate of drug-likeness (QED) is 0.846. The van der Waals surface area contributed by atoms with Crippen molar-refractivity contribution in [3.05, 3.63) is 24.3 Å². The van der Waals surface area contributed by atoms with Gasteiger partial charge >= 0.3 is 6.03 Å². The maximum atomic E-state index is 12.2. The maximum absolute atomic E-state index is 12.2. The Balaban J connectivity index is 1.96. The van der Waals surface area contributed by atoms with Crippen molar-refractivity contribution in [2.24, 2.45) is 0 Å². The second-order valence-electron chi connectivity index (χ2n) is 6.06. The number of nitrogens with one attached hydrogen (secondary N) is 2. The molecule has 7 nitrogen and oxygen atoms in total. The van der Waals surface area contributed by atoms with E-state index in [9.17, 15) is 9.59 Å². The third-order valence-electron chi connectivity index (χ3n) is 3.94. The fourth-order valence-electron chi connectivity index (χ4n) is 2.85. The van der Waals surface area contributed by atoms with Crippen molar-refractivity contribution < 1.29 is 14.3 Å². The number of ether oxygens (including phenoxy) is 1. The monoisotopic (exact) mass is 334 g/mol. The van der Waals surface area contributed by atoms with Crippen LogP contribution in [0.5, 0.6) is 0 Å². The molecule has 1 aromatic carbocycles. The van der Waals surface area contributed by atoms with Gasteiger partial charge in [-0.1, -0.05) is 12.1 Å². The van der Waals surface area contributed by atoms with Gasteiger partial charge in [-0.15, -0.1) is 0 Å². The molecule has 0 fully saturated rings. The Hall–Kier alpha value is -2.28. The highest BCUT2D eigenvalue weighted by molar-refractivity contribution is 5.97. The van der Waals surface area contributed by atoms with Crippen LogP contribution in [0, 0.1) is 0 Å².